The highest BCUT2D eigenvalue weighted by Gasteiger charge is 2.06. The van der Waals surface area contributed by atoms with Gasteiger partial charge in [-0.05, 0) is 37.2 Å². The van der Waals surface area contributed by atoms with Crippen molar-refractivity contribution in [2.75, 3.05) is 6.54 Å². The smallest absolute Gasteiger partial charge is 0.124 e. The zero-order valence-corrected chi connectivity index (χ0v) is 17.0. The van der Waals surface area contributed by atoms with Gasteiger partial charge in [-0.1, -0.05) is 65.5 Å². The maximum Gasteiger partial charge on any atom is 0.124 e. The molecule has 2 aromatic rings. The molecular formula is C19H24BrCl2NO. The zero-order chi connectivity index (χ0) is 16.5. The fraction of sp³-hybridized carbons (Fsp3) is 0.368. The fourth-order valence-electron chi connectivity index (χ4n) is 2.32. The van der Waals surface area contributed by atoms with Gasteiger partial charge in [0.1, 0.15) is 12.4 Å². The third-order valence-corrected chi connectivity index (χ3v) is 4.50. The SMILES string of the molecule is CCCCCNCc1cc(Br)ccc1OCc1ccccc1Cl.Cl. The number of benzene rings is 2. The monoisotopic (exact) mass is 431 g/mol. The van der Waals surface area contributed by atoms with Crippen LogP contribution in [0.5, 0.6) is 5.75 Å². The Kier molecular flexibility index (Phi) is 10.4. The molecule has 5 heteroatoms. The van der Waals surface area contributed by atoms with Crippen LogP contribution in [0.1, 0.15) is 37.3 Å². The van der Waals surface area contributed by atoms with Crippen molar-refractivity contribution in [3.8, 4) is 5.75 Å². The van der Waals surface area contributed by atoms with Gasteiger partial charge in [0.15, 0.2) is 0 Å². The Balaban J connectivity index is 0.00000288. The Labute approximate surface area is 164 Å². The van der Waals surface area contributed by atoms with Gasteiger partial charge in [0, 0.05) is 27.2 Å². The van der Waals surface area contributed by atoms with Crippen molar-refractivity contribution < 1.29 is 4.74 Å². The molecule has 0 aliphatic rings. The van der Waals surface area contributed by atoms with Crippen LogP contribution >= 0.6 is 39.9 Å². The van der Waals surface area contributed by atoms with Gasteiger partial charge in [0.2, 0.25) is 0 Å². The molecule has 0 aromatic heterocycles. The fourth-order valence-corrected chi connectivity index (χ4v) is 2.92. The van der Waals surface area contributed by atoms with Gasteiger partial charge in [-0.3, -0.25) is 0 Å². The van der Waals surface area contributed by atoms with Gasteiger partial charge in [0.05, 0.1) is 0 Å². The minimum absolute atomic E-state index is 0. The van der Waals surface area contributed by atoms with E-state index in [4.69, 9.17) is 16.3 Å². The molecule has 0 radical (unpaired) electrons. The molecule has 24 heavy (non-hydrogen) atoms. The molecule has 0 fully saturated rings. The van der Waals surface area contributed by atoms with Crippen LogP contribution in [0.15, 0.2) is 46.9 Å². The summed E-state index contributed by atoms with van der Waals surface area (Å²) in [5.74, 6) is 0.899. The largest absolute Gasteiger partial charge is 0.489 e. The first-order chi connectivity index (χ1) is 11.2. The average Bonchev–Trinajstić information content (AvgIpc) is 2.55. The van der Waals surface area contributed by atoms with E-state index < -0.39 is 0 Å². The second kappa shape index (κ2) is 11.8. The van der Waals surface area contributed by atoms with E-state index in [-0.39, 0.29) is 12.4 Å². The minimum atomic E-state index is 0. The summed E-state index contributed by atoms with van der Waals surface area (Å²) in [5.41, 5.74) is 2.15. The summed E-state index contributed by atoms with van der Waals surface area (Å²) in [6, 6.07) is 13.9. The van der Waals surface area contributed by atoms with Crippen LogP contribution in [0.2, 0.25) is 5.02 Å². The predicted molar refractivity (Wildman–Crippen MR) is 108 cm³/mol. The molecule has 132 valence electrons. The molecule has 0 unspecified atom stereocenters. The molecule has 0 aliphatic heterocycles. The number of rotatable bonds is 9. The van der Waals surface area contributed by atoms with Crippen molar-refractivity contribution in [2.24, 2.45) is 0 Å². The molecule has 1 N–H and O–H groups in total. The van der Waals surface area contributed by atoms with Crippen molar-refractivity contribution in [2.45, 2.75) is 39.3 Å². The summed E-state index contributed by atoms with van der Waals surface area (Å²) >= 11 is 9.72. The normalized spacial score (nSPS) is 10.3. The maximum absolute atomic E-state index is 6.19. The summed E-state index contributed by atoms with van der Waals surface area (Å²) in [6.45, 7) is 4.53. The van der Waals surface area contributed by atoms with E-state index in [0.717, 1.165) is 39.5 Å². The first-order valence-electron chi connectivity index (χ1n) is 8.06. The molecule has 2 aromatic carbocycles. The van der Waals surface area contributed by atoms with Crippen molar-refractivity contribution in [3.63, 3.8) is 0 Å². The van der Waals surface area contributed by atoms with Gasteiger partial charge in [0.25, 0.3) is 0 Å². The maximum atomic E-state index is 6.19. The lowest BCUT2D eigenvalue weighted by Crippen LogP contribution is -2.15. The molecule has 2 nitrogen and oxygen atoms in total. The van der Waals surface area contributed by atoms with Gasteiger partial charge in [-0.2, -0.15) is 0 Å². The molecular weight excluding hydrogens is 409 g/mol. The molecule has 0 saturated carbocycles. The number of hydrogen-bond donors (Lipinski definition) is 1. The van der Waals surface area contributed by atoms with Crippen molar-refractivity contribution >= 4 is 39.9 Å². The Hall–Kier alpha value is -0.740. The number of ether oxygens (including phenoxy) is 1. The van der Waals surface area contributed by atoms with Gasteiger partial charge >= 0.3 is 0 Å². The van der Waals surface area contributed by atoms with Crippen LogP contribution in [0, 0.1) is 0 Å². The molecule has 0 heterocycles. The van der Waals surface area contributed by atoms with Crippen LogP contribution in [-0.2, 0) is 13.2 Å². The standard InChI is InChI=1S/C19H23BrClNO.ClH/c1-2-3-6-11-22-13-16-12-17(20)9-10-19(16)23-14-15-7-4-5-8-18(15)21;/h4-5,7-10,12,22H,2-3,6,11,13-14H2,1H3;1H. The Morgan fingerprint density at radius 2 is 1.88 bits per heavy atom. The lowest BCUT2D eigenvalue weighted by atomic mass is 10.2. The number of halogens is 3. The average molecular weight is 433 g/mol. The lowest BCUT2D eigenvalue weighted by molar-refractivity contribution is 0.302. The van der Waals surface area contributed by atoms with Crippen LogP contribution in [0.25, 0.3) is 0 Å². The second-order valence-corrected chi connectivity index (χ2v) is 6.84. The van der Waals surface area contributed by atoms with Crippen molar-refractivity contribution in [3.05, 3.63) is 63.1 Å². The predicted octanol–water partition coefficient (Wildman–Crippen LogP) is 6.38. The molecule has 0 spiro atoms. The van der Waals surface area contributed by atoms with Crippen LogP contribution in [0.3, 0.4) is 0 Å². The van der Waals surface area contributed by atoms with E-state index >= 15 is 0 Å². The summed E-state index contributed by atoms with van der Waals surface area (Å²) in [4.78, 5) is 0. The van der Waals surface area contributed by atoms with E-state index in [1.54, 1.807) is 0 Å². The highest BCUT2D eigenvalue weighted by Crippen LogP contribution is 2.25. The van der Waals surface area contributed by atoms with Crippen LogP contribution in [-0.4, -0.2) is 6.54 Å². The summed E-state index contributed by atoms with van der Waals surface area (Å²) in [7, 11) is 0. The highest BCUT2D eigenvalue weighted by molar-refractivity contribution is 9.10. The first-order valence-corrected chi connectivity index (χ1v) is 9.23. The van der Waals surface area contributed by atoms with E-state index in [9.17, 15) is 0 Å². The van der Waals surface area contributed by atoms with Crippen LogP contribution < -0.4 is 10.1 Å². The van der Waals surface area contributed by atoms with Crippen molar-refractivity contribution in [1.82, 2.24) is 5.32 Å². The Bertz CT molecular complexity index is 622. The quantitative estimate of drug-likeness (QED) is 0.464. The number of hydrogen-bond acceptors (Lipinski definition) is 2. The molecule has 0 saturated heterocycles. The van der Waals surface area contributed by atoms with E-state index in [1.165, 1.54) is 19.3 Å². The first kappa shape index (κ1) is 21.3. The Morgan fingerprint density at radius 1 is 1.08 bits per heavy atom. The van der Waals surface area contributed by atoms with Gasteiger partial charge in [-0.15, -0.1) is 12.4 Å². The number of unbranched alkanes of at least 4 members (excludes halogenated alkanes) is 2. The van der Waals surface area contributed by atoms with Crippen LogP contribution in [0.4, 0.5) is 0 Å². The summed E-state index contributed by atoms with van der Waals surface area (Å²) < 4.78 is 7.05. The third-order valence-electron chi connectivity index (χ3n) is 3.64. The second-order valence-electron chi connectivity index (χ2n) is 5.52. The van der Waals surface area contributed by atoms with E-state index in [2.05, 4.69) is 34.2 Å². The van der Waals surface area contributed by atoms with E-state index in [0.29, 0.717) is 6.61 Å². The molecule has 0 amide bonds. The van der Waals surface area contributed by atoms with Gasteiger partial charge < -0.3 is 10.1 Å². The minimum Gasteiger partial charge on any atom is -0.489 e. The molecule has 0 aliphatic carbocycles. The van der Waals surface area contributed by atoms with Gasteiger partial charge in [-0.25, -0.2) is 0 Å². The highest BCUT2D eigenvalue weighted by atomic mass is 79.9. The molecule has 0 atom stereocenters. The molecule has 0 bridgehead atoms. The number of nitrogens with one attached hydrogen (secondary N) is 1. The topological polar surface area (TPSA) is 21.3 Å². The third kappa shape index (κ3) is 7.02. The summed E-state index contributed by atoms with van der Waals surface area (Å²) in [5, 5.41) is 4.23. The van der Waals surface area contributed by atoms with Crippen molar-refractivity contribution in [1.29, 1.82) is 0 Å². The molecule has 2 rings (SSSR count). The zero-order valence-electron chi connectivity index (χ0n) is 13.9. The Morgan fingerprint density at radius 3 is 2.62 bits per heavy atom. The van der Waals surface area contributed by atoms with E-state index in [1.807, 2.05) is 36.4 Å². The summed E-state index contributed by atoms with van der Waals surface area (Å²) in [6.07, 6.45) is 3.71. The lowest BCUT2D eigenvalue weighted by Gasteiger charge is -2.13.